The first-order valence-electron chi connectivity index (χ1n) is 8.68. The van der Waals surface area contributed by atoms with Gasteiger partial charge in [-0.15, -0.1) is 22.7 Å². The smallest absolute Gasteiger partial charge is 0.264 e. The second-order valence-corrected chi connectivity index (χ2v) is 9.05. The molecule has 1 spiro atoms. The van der Waals surface area contributed by atoms with Crippen molar-refractivity contribution in [1.29, 1.82) is 0 Å². The van der Waals surface area contributed by atoms with Crippen molar-refractivity contribution in [3.63, 3.8) is 0 Å². The van der Waals surface area contributed by atoms with E-state index in [1.54, 1.807) is 22.7 Å². The number of carbonyl (C=O) groups is 1. The van der Waals surface area contributed by atoms with Crippen molar-refractivity contribution in [2.24, 2.45) is 0 Å². The van der Waals surface area contributed by atoms with Crippen LogP contribution >= 0.6 is 22.7 Å². The third kappa shape index (κ3) is 3.26. The van der Waals surface area contributed by atoms with Crippen LogP contribution in [-0.2, 0) is 4.74 Å². The van der Waals surface area contributed by atoms with Crippen molar-refractivity contribution in [3.8, 4) is 10.6 Å². The Hall–Kier alpha value is -1.28. The Morgan fingerprint density at radius 3 is 2.80 bits per heavy atom. The summed E-state index contributed by atoms with van der Waals surface area (Å²) in [7, 11) is 2.18. The molecule has 2 aliphatic heterocycles. The number of aryl methyl sites for hydroxylation is 1. The van der Waals surface area contributed by atoms with Crippen LogP contribution in [0.2, 0.25) is 0 Å². The predicted molar refractivity (Wildman–Crippen MR) is 101 cm³/mol. The summed E-state index contributed by atoms with van der Waals surface area (Å²) in [6.07, 6.45) is 2.00. The predicted octanol–water partition coefficient (Wildman–Crippen LogP) is 3.12. The molecule has 2 saturated heterocycles. The molecule has 2 aromatic rings. The van der Waals surface area contributed by atoms with Crippen LogP contribution in [0.3, 0.4) is 0 Å². The molecule has 0 radical (unpaired) electrons. The first-order chi connectivity index (χ1) is 12.1. The van der Waals surface area contributed by atoms with Gasteiger partial charge in [0, 0.05) is 43.8 Å². The SMILES string of the molecule is Cc1nc(-c2ccc(C(=O)N3CCN(C)C4(CCOCC4)C3)s2)cs1. The number of likely N-dealkylation sites (N-methyl/N-ethyl adjacent to an activating group) is 1. The van der Waals surface area contributed by atoms with Crippen LogP contribution in [0, 0.1) is 6.92 Å². The normalized spacial score (nSPS) is 21.0. The third-order valence-corrected chi connectivity index (χ3v) is 7.27. The van der Waals surface area contributed by atoms with E-state index < -0.39 is 0 Å². The summed E-state index contributed by atoms with van der Waals surface area (Å²) in [5, 5.41) is 3.11. The molecule has 4 heterocycles. The topological polar surface area (TPSA) is 45.7 Å². The van der Waals surface area contributed by atoms with Gasteiger partial charge in [-0.3, -0.25) is 9.69 Å². The minimum atomic E-state index is 0.0816. The first kappa shape index (κ1) is 17.1. The van der Waals surface area contributed by atoms with Gasteiger partial charge in [0.25, 0.3) is 5.91 Å². The maximum atomic E-state index is 13.1. The zero-order valence-corrected chi connectivity index (χ0v) is 16.3. The van der Waals surface area contributed by atoms with E-state index in [1.807, 2.05) is 24.0 Å². The summed E-state index contributed by atoms with van der Waals surface area (Å²) in [6.45, 7) is 6.10. The molecular weight excluding hydrogens is 354 g/mol. The van der Waals surface area contributed by atoms with E-state index in [4.69, 9.17) is 4.74 Å². The van der Waals surface area contributed by atoms with E-state index in [0.29, 0.717) is 0 Å². The van der Waals surface area contributed by atoms with E-state index in [1.165, 1.54) is 0 Å². The molecule has 0 aromatic carbocycles. The summed E-state index contributed by atoms with van der Waals surface area (Å²) in [5.41, 5.74) is 1.06. The van der Waals surface area contributed by atoms with Gasteiger partial charge in [-0.25, -0.2) is 4.98 Å². The van der Waals surface area contributed by atoms with E-state index in [0.717, 1.165) is 66.1 Å². The summed E-state index contributed by atoms with van der Waals surface area (Å²) in [5.74, 6) is 0.155. The highest BCUT2D eigenvalue weighted by Crippen LogP contribution is 2.33. The molecule has 4 rings (SSSR count). The number of nitrogens with zero attached hydrogens (tertiary/aromatic N) is 3. The lowest BCUT2D eigenvalue weighted by atomic mass is 9.86. The molecule has 0 bridgehead atoms. The summed E-state index contributed by atoms with van der Waals surface area (Å²) in [4.78, 5) is 23.9. The molecule has 1 amide bonds. The largest absolute Gasteiger partial charge is 0.381 e. The van der Waals surface area contributed by atoms with Crippen LogP contribution < -0.4 is 0 Å². The molecule has 0 saturated carbocycles. The molecule has 0 atom stereocenters. The highest BCUT2D eigenvalue weighted by atomic mass is 32.1. The minimum Gasteiger partial charge on any atom is -0.381 e. The first-order valence-corrected chi connectivity index (χ1v) is 10.4. The number of hydrogen-bond donors (Lipinski definition) is 0. The average Bonchev–Trinajstić information content (AvgIpc) is 3.27. The molecule has 7 heteroatoms. The quantitative estimate of drug-likeness (QED) is 0.807. The number of rotatable bonds is 2. The van der Waals surface area contributed by atoms with Gasteiger partial charge in [0.2, 0.25) is 0 Å². The fourth-order valence-electron chi connectivity index (χ4n) is 3.75. The number of aromatic nitrogens is 1. The summed E-state index contributed by atoms with van der Waals surface area (Å²) < 4.78 is 5.55. The van der Waals surface area contributed by atoms with Gasteiger partial charge >= 0.3 is 0 Å². The van der Waals surface area contributed by atoms with Crippen molar-refractivity contribution in [1.82, 2.24) is 14.8 Å². The maximum absolute atomic E-state index is 13.1. The maximum Gasteiger partial charge on any atom is 0.264 e. The number of hydrogen-bond acceptors (Lipinski definition) is 6. The fourth-order valence-corrected chi connectivity index (χ4v) is 5.37. The van der Waals surface area contributed by atoms with Crippen LogP contribution in [0.25, 0.3) is 10.6 Å². The Kier molecular flexibility index (Phi) is 4.66. The Morgan fingerprint density at radius 1 is 1.28 bits per heavy atom. The second-order valence-electron chi connectivity index (χ2n) is 6.90. The van der Waals surface area contributed by atoms with Crippen molar-refractivity contribution in [3.05, 3.63) is 27.4 Å². The lowest BCUT2D eigenvalue weighted by Gasteiger charge is -2.51. The molecular formula is C18H23N3O2S2. The van der Waals surface area contributed by atoms with Crippen molar-refractivity contribution < 1.29 is 9.53 Å². The molecule has 0 unspecified atom stereocenters. The zero-order valence-electron chi connectivity index (χ0n) is 14.7. The van der Waals surface area contributed by atoms with E-state index in [-0.39, 0.29) is 11.4 Å². The van der Waals surface area contributed by atoms with E-state index in [2.05, 4.69) is 22.3 Å². The zero-order chi connectivity index (χ0) is 17.4. The fraction of sp³-hybridized carbons (Fsp3) is 0.556. The molecule has 134 valence electrons. The monoisotopic (exact) mass is 377 g/mol. The van der Waals surface area contributed by atoms with Crippen LogP contribution in [-0.4, -0.2) is 66.1 Å². The van der Waals surface area contributed by atoms with Crippen molar-refractivity contribution >= 4 is 28.6 Å². The molecule has 5 nitrogen and oxygen atoms in total. The van der Waals surface area contributed by atoms with Gasteiger partial charge in [-0.1, -0.05) is 0 Å². The molecule has 2 aliphatic rings. The van der Waals surface area contributed by atoms with Crippen LogP contribution in [0.1, 0.15) is 27.5 Å². The third-order valence-electron chi connectivity index (χ3n) is 5.40. The molecule has 0 N–H and O–H groups in total. The van der Waals surface area contributed by atoms with Gasteiger partial charge in [0.15, 0.2) is 0 Å². The standard InChI is InChI=1S/C18H23N3O2S2/c1-13-19-14(11-24-13)15-3-4-16(25-15)17(22)21-8-7-20(2)18(12-21)5-9-23-10-6-18/h3-4,11H,5-10,12H2,1-2H3. The number of thiazole rings is 1. The van der Waals surface area contributed by atoms with Crippen molar-refractivity contribution in [2.45, 2.75) is 25.3 Å². The molecule has 2 aromatic heterocycles. The van der Waals surface area contributed by atoms with Crippen LogP contribution in [0.15, 0.2) is 17.5 Å². The Labute approximate surface area is 156 Å². The molecule has 0 aliphatic carbocycles. The Morgan fingerprint density at radius 2 is 2.08 bits per heavy atom. The van der Waals surface area contributed by atoms with Crippen molar-refractivity contribution in [2.75, 3.05) is 39.9 Å². The van der Waals surface area contributed by atoms with Gasteiger partial charge in [0.1, 0.15) is 0 Å². The lowest BCUT2D eigenvalue weighted by Crippen LogP contribution is -2.63. The Balaban J connectivity index is 1.52. The number of amides is 1. The number of carbonyl (C=O) groups excluding carboxylic acids is 1. The number of ether oxygens (including phenoxy) is 1. The summed E-state index contributed by atoms with van der Waals surface area (Å²) in [6, 6.07) is 3.97. The van der Waals surface area contributed by atoms with Gasteiger partial charge in [-0.2, -0.15) is 0 Å². The summed E-state index contributed by atoms with van der Waals surface area (Å²) >= 11 is 3.19. The van der Waals surface area contributed by atoms with Crippen LogP contribution in [0.5, 0.6) is 0 Å². The Bertz CT molecular complexity index is 764. The molecule has 25 heavy (non-hydrogen) atoms. The van der Waals surface area contributed by atoms with E-state index in [9.17, 15) is 4.79 Å². The highest BCUT2D eigenvalue weighted by molar-refractivity contribution is 7.17. The second kappa shape index (κ2) is 6.79. The number of piperazine rings is 1. The van der Waals surface area contributed by atoms with E-state index >= 15 is 0 Å². The average molecular weight is 378 g/mol. The minimum absolute atomic E-state index is 0.0816. The molecule has 2 fully saturated rings. The lowest BCUT2D eigenvalue weighted by molar-refractivity contribution is -0.0542. The van der Waals surface area contributed by atoms with Gasteiger partial charge in [0.05, 0.1) is 20.5 Å². The van der Waals surface area contributed by atoms with Gasteiger partial charge < -0.3 is 9.64 Å². The van der Waals surface area contributed by atoms with Crippen LogP contribution in [0.4, 0.5) is 0 Å². The highest BCUT2D eigenvalue weighted by Gasteiger charge is 2.42. The van der Waals surface area contributed by atoms with Gasteiger partial charge in [-0.05, 0) is 38.9 Å². The number of thiophene rings is 1.